The molecule has 2 rings (SSSR count). The molecule has 7 heteroatoms. The number of hydrogen-bond donors (Lipinski definition) is 2. The summed E-state index contributed by atoms with van der Waals surface area (Å²) in [7, 11) is 0. The fraction of sp³-hybridized carbons (Fsp3) is 0.462. The van der Waals surface area contributed by atoms with Crippen molar-refractivity contribution in [2.75, 3.05) is 6.54 Å². The Hall–Kier alpha value is -1.27. The van der Waals surface area contributed by atoms with Gasteiger partial charge in [0.05, 0.1) is 12.5 Å². The molecule has 0 aromatic heterocycles. The number of alkyl halides is 3. The van der Waals surface area contributed by atoms with Crippen molar-refractivity contribution in [1.82, 2.24) is 10.6 Å². The van der Waals surface area contributed by atoms with E-state index in [1.165, 1.54) is 0 Å². The molecule has 2 N–H and O–H groups in total. The minimum atomic E-state index is -4.24. The molecule has 0 bridgehead atoms. The van der Waals surface area contributed by atoms with E-state index in [1.807, 2.05) is 24.3 Å². The van der Waals surface area contributed by atoms with Crippen LogP contribution in [0.3, 0.4) is 0 Å². The largest absolute Gasteiger partial charge is 0.390 e. The van der Waals surface area contributed by atoms with E-state index >= 15 is 0 Å². The minimum absolute atomic E-state index is 0. The van der Waals surface area contributed by atoms with E-state index < -0.39 is 18.6 Å². The zero-order valence-electron chi connectivity index (χ0n) is 10.7. The molecule has 1 aliphatic heterocycles. The van der Waals surface area contributed by atoms with Crippen LogP contribution in [0.15, 0.2) is 24.3 Å². The number of benzene rings is 1. The Balaban J connectivity index is 0.00000200. The Labute approximate surface area is 121 Å². The van der Waals surface area contributed by atoms with Gasteiger partial charge in [0.15, 0.2) is 0 Å². The lowest BCUT2D eigenvalue weighted by atomic mass is 9.95. The number of amides is 1. The Morgan fingerprint density at radius 1 is 1.30 bits per heavy atom. The van der Waals surface area contributed by atoms with Gasteiger partial charge in [0.1, 0.15) is 0 Å². The maximum Gasteiger partial charge on any atom is 0.390 e. The first-order valence-corrected chi connectivity index (χ1v) is 6.10. The van der Waals surface area contributed by atoms with Gasteiger partial charge in [0, 0.05) is 13.1 Å². The highest BCUT2D eigenvalue weighted by Crippen LogP contribution is 2.19. The Bertz CT molecular complexity index is 465. The van der Waals surface area contributed by atoms with Crippen molar-refractivity contribution in [3.05, 3.63) is 35.4 Å². The molecule has 0 saturated heterocycles. The quantitative estimate of drug-likeness (QED) is 0.899. The number of carbonyl (C=O) groups excluding carboxylic acids is 1. The van der Waals surface area contributed by atoms with Crippen LogP contribution in [-0.2, 0) is 17.8 Å². The van der Waals surface area contributed by atoms with Gasteiger partial charge in [-0.1, -0.05) is 24.3 Å². The van der Waals surface area contributed by atoms with Gasteiger partial charge in [0.2, 0.25) is 5.91 Å². The second-order valence-corrected chi connectivity index (χ2v) is 4.56. The fourth-order valence-corrected chi connectivity index (χ4v) is 2.09. The van der Waals surface area contributed by atoms with Crippen LogP contribution in [0, 0.1) is 0 Å². The topological polar surface area (TPSA) is 41.1 Å². The van der Waals surface area contributed by atoms with Crippen LogP contribution in [-0.4, -0.2) is 24.7 Å². The third-order valence-electron chi connectivity index (χ3n) is 3.11. The summed E-state index contributed by atoms with van der Waals surface area (Å²) in [5, 5.41) is 5.35. The molecule has 3 nitrogen and oxygen atoms in total. The van der Waals surface area contributed by atoms with Crippen LogP contribution in [0.4, 0.5) is 13.2 Å². The number of hydrogen-bond acceptors (Lipinski definition) is 2. The highest BCUT2D eigenvalue weighted by Gasteiger charge is 2.28. The normalized spacial score (nSPS) is 17.9. The van der Waals surface area contributed by atoms with Crippen LogP contribution >= 0.6 is 12.4 Å². The van der Waals surface area contributed by atoms with E-state index in [9.17, 15) is 18.0 Å². The van der Waals surface area contributed by atoms with Crippen molar-refractivity contribution >= 4 is 18.3 Å². The summed E-state index contributed by atoms with van der Waals surface area (Å²) in [6.45, 7) is 0.190. The molecule has 1 amide bonds. The van der Waals surface area contributed by atoms with Crippen molar-refractivity contribution in [2.45, 2.75) is 31.6 Å². The molecular formula is C13H16ClF3N2O. The van der Waals surface area contributed by atoms with Gasteiger partial charge < -0.3 is 10.6 Å². The van der Waals surface area contributed by atoms with Gasteiger partial charge in [0.25, 0.3) is 0 Å². The molecule has 1 aromatic rings. The molecule has 0 spiro atoms. The van der Waals surface area contributed by atoms with Crippen LogP contribution in [0.1, 0.15) is 17.5 Å². The molecule has 0 radical (unpaired) electrons. The molecule has 112 valence electrons. The third kappa shape index (κ3) is 4.68. The molecule has 1 unspecified atom stereocenters. The standard InChI is InChI=1S/C13H15F3N2O.ClH/c14-13(15,16)5-6-17-12(19)11-7-9-3-1-2-4-10(9)8-18-11;/h1-4,11,18H,5-8H2,(H,17,19);1H. The number of carbonyl (C=O) groups is 1. The first-order chi connectivity index (χ1) is 8.96. The smallest absolute Gasteiger partial charge is 0.354 e. The van der Waals surface area contributed by atoms with E-state index in [0.29, 0.717) is 13.0 Å². The zero-order valence-corrected chi connectivity index (χ0v) is 11.5. The molecule has 0 saturated carbocycles. The Morgan fingerprint density at radius 2 is 1.95 bits per heavy atom. The minimum Gasteiger partial charge on any atom is -0.354 e. The van der Waals surface area contributed by atoms with Crippen molar-refractivity contribution in [1.29, 1.82) is 0 Å². The van der Waals surface area contributed by atoms with Gasteiger partial charge in [-0.2, -0.15) is 13.2 Å². The predicted octanol–water partition coefficient (Wildman–Crippen LogP) is 2.19. The second-order valence-electron chi connectivity index (χ2n) is 4.56. The van der Waals surface area contributed by atoms with E-state index in [1.54, 1.807) is 0 Å². The number of halogens is 4. The number of nitrogens with one attached hydrogen (secondary N) is 2. The summed E-state index contributed by atoms with van der Waals surface area (Å²) in [5.41, 5.74) is 2.19. The van der Waals surface area contributed by atoms with E-state index in [-0.39, 0.29) is 24.9 Å². The average Bonchev–Trinajstić information content (AvgIpc) is 2.36. The molecule has 1 aliphatic rings. The van der Waals surface area contributed by atoms with Gasteiger partial charge in [-0.05, 0) is 17.5 Å². The lowest BCUT2D eigenvalue weighted by molar-refractivity contribution is -0.136. The maximum atomic E-state index is 12.0. The summed E-state index contributed by atoms with van der Waals surface area (Å²) >= 11 is 0. The summed E-state index contributed by atoms with van der Waals surface area (Å²) in [6, 6.07) is 7.27. The van der Waals surface area contributed by atoms with E-state index in [0.717, 1.165) is 11.1 Å². The van der Waals surface area contributed by atoms with Gasteiger partial charge in [-0.3, -0.25) is 4.79 Å². The summed E-state index contributed by atoms with van der Waals surface area (Å²) in [4.78, 5) is 11.8. The number of fused-ring (bicyclic) bond motifs is 1. The Morgan fingerprint density at radius 3 is 2.60 bits per heavy atom. The second kappa shape index (κ2) is 6.95. The first-order valence-electron chi connectivity index (χ1n) is 6.10. The lowest BCUT2D eigenvalue weighted by Crippen LogP contribution is -2.48. The molecule has 1 atom stereocenters. The first kappa shape index (κ1) is 16.8. The highest BCUT2D eigenvalue weighted by atomic mass is 35.5. The van der Waals surface area contributed by atoms with Crippen molar-refractivity contribution < 1.29 is 18.0 Å². The lowest BCUT2D eigenvalue weighted by Gasteiger charge is -2.25. The monoisotopic (exact) mass is 308 g/mol. The van der Waals surface area contributed by atoms with E-state index in [4.69, 9.17) is 0 Å². The Kier molecular flexibility index (Phi) is 5.83. The average molecular weight is 309 g/mol. The fourth-order valence-electron chi connectivity index (χ4n) is 2.09. The highest BCUT2D eigenvalue weighted by molar-refractivity contribution is 5.85. The maximum absolute atomic E-state index is 12.0. The van der Waals surface area contributed by atoms with E-state index in [2.05, 4.69) is 10.6 Å². The third-order valence-corrected chi connectivity index (χ3v) is 3.11. The van der Waals surface area contributed by atoms with Crippen LogP contribution in [0.5, 0.6) is 0 Å². The summed E-state index contributed by atoms with van der Waals surface area (Å²) in [6.07, 6.45) is -4.73. The molecule has 1 aromatic carbocycles. The van der Waals surface area contributed by atoms with Gasteiger partial charge >= 0.3 is 6.18 Å². The molecule has 1 heterocycles. The SMILES string of the molecule is Cl.O=C(NCCC(F)(F)F)C1Cc2ccccc2CN1. The van der Waals surface area contributed by atoms with Crippen LogP contribution < -0.4 is 10.6 Å². The van der Waals surface area contributed by atoms with Crippen LogP contribution in [0.25, 0.3) is 0 Å². The summed E-state index contributed by atoms with van der Waals surface area (Å²) in [5.74, 6) is -0.376. The van der Waals surface area contributed by atoms with Crippen molar-refractivity contribution in [3.63, 3.8) is 0 Å². The van der Waals surface area contributed by atoms with Crippen LogP contribution in [0.2, 0.25) is 0 Å². The van der Waals surface area contributed by atoms with Gasteiger partial charge in [-0.25, -0.2) is 0 Å². The zero-order chi connectivity index (χ0) is 13.9. The molecule has 0 fully saturated rings. The predicted molar refractivity (Wildman–Crippen MR) is 71.7 cm³/mol. The summed E-state index contributed by atoms with van der Waals surface area (Å²) < 4.78 is 35.9. The number of rotatable bonds is 3. The van der Waals surface area contributed by atoms with Gasteiger partial charge in [-0.15, -0.1) is 12.4 Å². The molecule has 0 aliphatic carbocycles. The van der Waals surface area contributed by atoms with Crippen molar-refractivity contribution in [2.24, 2.45) is 0 Å². The molecule has 20 heavy (non-hydrogen) atoms. The molecular weight excluding hydrogens is 293 g/mol. The van der Waals surface area contributed by atoms with Crippen molar-refractivity contribution in [3.8, 4) is 0 Å².